The molecule has 0 bridgehead atoms. The van der Waals surface area contributed by atoms with Gasteiger partial charge in [-0.15, -0.1) is 5.06 Å². The number of carbonyl (C=O) groups is 1. The third-order valence-corrected chi connectivity index (χ3v) is 1.91. The molecular formula is C6H8N3O4+. The zero-order valence-electron chi connectivity index (χ0n) is 6.51. The van der Waals surface area contributed by atoms with Crippen LogP contribution in [0.15, 0.2) is 24.1 Å². The lowest BCUT2D eigenvalue weighted by atomic mass is 10.4. The van der Waals surface area contributed by atoms with Crippen LogP contribution in [0.5, 0.6) is 0 Å². The molecule has 0 aliphatic carbocycles. The van der Waals surface area contributed by atoms with E-state index < -0.39 is 16.4 Å². The first-order valence-electron chi connectivity index (χ1n) is 3.54. The number of nitrogens with zero attached hydrogens (tertiary/aromatic N) is 2. The van der Waals surface area contributed by atoms with Gasteiger partial charge in [-0.3, -0.25) is 10.0 Å². The van der Waals surface area contributed by atoms with Gasteiger partial charge in [-0.1, -0.05) is 4.65 Å². The van der Waals surface area contributed by atoms with E-state index in [0.717, 1.165) is 12.4 Å². The summed E-state index contributed by atoms with van der Waals surface area (Å²) in [5.41, 5.74) is 0. The third-order valence-electron chi connectivity index (χ3n) is 1.91. The van der Waals surface area contributed by atoms with E-state index >= 15 is 0 Å². The van der Waals surface area contributed by atoms with Crippen LogP contribution in [0.3, 0.4) is 0 Å². The van der Waals surface area contributed by atoms with Crippen molar-refractivity contribution in [1.82, 2.24) is 10.4 Å². The van der Waals surface area contributed by atoms with Crippen LogP contribution in [0.4, 0.5) is 0 Å². The number of fused-ring (bicyclic) bond motifs is 1. The number of hydrogen-bond donors (Lipinski definition) is 4. The van der Waals surface area contributed by atoms with Crippen molar-refractivity contribution < 1.29 is 25.0 Å². The van der Waals surface area contributed by atoms with Crippen LogP contribution in [-0.2, 0) is 4.79 Å². The van der Waals surface area contributed by atoms with Gasteiger partial charge < -0.3 is 10.4 Å². The van der Waals surface area contributed by atoms with Gasteiger partial charge in [0.05, 0.1) is 6.20 Å². The molecule has 1 amide bonds. The molecule has 0 fully saturated rings. The molecule has 1 unspecified atom stereocenters. The maximum Gasteiger partial charge on any atom is 0.290 e. The number of hydroxylamine groups is 5. The van der Waals surface area contributed by atoms with Crippen LogP contribution in [0.1, 0.15) is 0 Å². The number of nitrogens with one attached hydrogen (secondary N) is 1. The minimum Gasteiger partial charge on any atom is -0.489 e. The quantitative estimate of drug-likeness (QED) is 0.371. The third kappa shape index (κ3) is 0.985. The van der Waals surface area contributed by atoms with Crippen molar-refractivity contribution in [3.05, 3.63) is 24.1 Å². The predicted molar refractivity (Wildman–Crippen MR) is 37.5 cm³/mol. The number of carbonyl (C=O) groups excluding carboxylic acids is 1. The Balaban J connectivity index is 2.45. The Labute approximate surface area is 72.9 Å². The molecule has 2 aliphatic rings. The van der Waals surface area contributed by atoms with Gasteiger partial charge in [0, 0.05) is 0 Å². The predicted octanol–water partition coefficient (Wildman–Crippen LogP) is -0.817. The minimum atomic E-state index is -0.909. The molecule has 0 saturated carbocycles. The summed E-state index contributed by atoms with van der Waals surface area (Å²) < 4.78 is -0.909. The van der Waals surface area contributed by atoms with Crippen molar-refractivity contribution in [2.45, 2.75) is 0 Å². The van der Waals surface area contributed by atoms with Gasteiger partial charge in [0.15, 0.2) is 12.7 Å². The van der Waals surface area contributed by atoms with Crippen molar-refractivity contribution in [2.75, 3.05) is 6.54 Å². The highest BCUT2D eigenvalue weighted by atomic mass is 16.6. The average molecular weight is 186 g/mol. The van der Waals surface area contributed by atoms with Crippen molar-refractivity contribution in [1.29, 1.82) is 0 Å². The summed E-state index contributed by atoms with van der Waals surface area (Å²) >= 11 is 0. The second-order valence-electron chi connectivity index (χ2n) is 2.85. The number of amides is 1. The molecule has 7 nitrogen and oxygen atoms in total. The van der Waals surface area contributed by atoms with Gasteiger partial charge in [0.1, 0.15) is 0 Å². The smallest absolute Gasteiger partial charge is 0.290 e. The van der Waals surface area contributed by atoms with Crippen molar-refractivity contribution in [2.24, 2.45) is 0 Å². The van der Waals surface area contributed by atoms with Crippen molar-refractivity contribution in [3.8, 4) is 0 Å². The zero-order valence-corrected chi connectivity index (χ0v) is 6.51. The molecule has 4 N–H and O–H groups in total. The van der Waals surface area contributed by atoms with Crippen LogP contribution in [-0.4, -0.2) is 37.7 Å². The van der Waals surface area contributed by atoms with E-state index in [4.69, 9.17) is 10.3 Å². The standard InChI is InChI=1S/C6H7N3O4/c10-4-2-9(13)3-6(11)8(12)5(9)1-7-4/h1,3,12-13H,2H2,(H-,7,10,11)/p+1. The molecule has 2 aliphatic heterocycles. The highest BCUT2D eigenvalue weighted by molar-refractivity contribution is 5.79. The number of quaternary nitrogens is 1. The maximum absolute atomic E-state index is 10.9. The van der Waals surface area contributed by atoms with Crippen LogP contribution in [0.25, 0.3) is 0 Å². The van der Waals surface area contributed by atoms with Gasteiger partial charge in [0.25, 0.3) is 17.6 Å². The fourth-order valence-corrected chi connectivity index (χ4v) is 1.30. The molecule has 7 heteroatoms. The molecule has 0 saturated heterocycles. The molecular weight excluding hydrogens is 178 g/mol. The van der Waals surface area contributed by atoms with E-state index in [0.29, 0.717) is 5.06 Å². The first-order valence-corrected chi connectivity index (χ1v) is 3.54. The minimum absolute atomic E-state index is 0.0166. The maximum atomic E-state index is 10.9. The van der Waals surface area contributed by atoms with Crippen molar-refractivity contribution in [3.63, 3.8) is 0 Å². The summed E-state index contributed by atoms with van der Waals surface area (Å²) in [4.78, 5) is 10.9. The van der Waals surface area contributed by atoms with Crippen LogP contribution < -0.4 is 5.32 Å². The number of aliphatic hydroxyl groups excluding tert-OH is 1. The van der Waals surface area contributed by atoms with Crippen LogP contribution >= 0.6 is 0 Å². The van der Waals surface area contributed by atoms with E-state index in [1.54, 1.807) is 0 Å². The first-order chi connectivity index (χ1) is 6.03. The summed E-state index contributed by atoms with van der Waals surface area (Å²) in [6.45, 7) is -0.271. The Kier molecular flexibility index (Phi) is 1.38. The summed E-state index contributed by atoms with van der Waals surface area (Å²) in [7, 11) is 0. The molecule has 0 aromatic heterocycles. The molecule has 0 aromatic carbocycles. The Morgan fingerprint density at radius 2 is 2.31 bits per heavy atom. The Morgan fingerprint density at radius 1 is 1.62 bits per heavy atom. The first kappa shape index (κ1) is 8.05. The summed E-state index contributed by atoms with van der Waals surface area (Å²) in [6.07, 6.45) is 2.09. The molecule has 0 aromatic rings. The lowest BCUT2D eigenvalue weighted by Gasteiger charge is -2.25. The fourth-order valence-electron chi connectivity index (χ4n) is 1.30. The van der Waals surface area contributed by atoms with Gasteiger partial charge in [-0.05, 0) is 0 Å². The second kappa shape index (κ2) is 2.22. The normalized spacial score (nSPS) is 32.2. The molecule has 2 heterocycles. The molecule has 1 atom stereocenters. The lowest BCUT2D eigenvalue weighted by Crippen LogP contribution is -2.50. The number of rotatable bonds is 0. The largest absolute Gasteiger partial charge is 0.489 e. The monoisotopic (exact) mass is 186 g/mol. The molecule has 13 heavy (non-hydrogen) atoms. The van der Waals surface area contributed by atoms with Crippen LogP contribution in [0, 0.1) is 0 Å². The van der Waals surface area contributed by atoms with E-state index in [1.165, 1.54) is 0 Å². The van der Waals surface area contributed by atoms with E-state index in [1.807, 2.05) is 0 Å². The van der Waals surface area contributed by atoms with Gasteiger partial charge >= 0.3 is 0 Å². The van der Waals surface area contributed by atoms with E-state index in [9.17, 15) is 10.0 Å². The van der Waals surface area contributed by atoms with E-state index in [-0.39, 0.29) is 12.4 Å². The van der Waals surface area contributed by atoms with Gasteiger partial charge in [0.2, 0.25) is 0 Å². The Morgan fingerprint density at radius 3 is 3.00 bits per heavy atom. The number of aliphatic hydroxyl groups is 1. The Hall–Kier alpha value is -1.57. The SMILES string of the molecule is O=C1C[N+]2(O)C=C(O)N(O)C2=CN1. The summed E-state index contributed by atoms with van der Waals surface area (Å²) in [5, 5.41) is 30.6. The van der Waals surface area contributed by atoms with Gasteiger partial charge in [-0.25, -0.2) is 5.21 Å². The highest BCUT2D eigenvalue weighted by Crippen LogP contribution is 2.29. The van der Waals surface area contributed by atoms with E-state index in [2.05, 4.69) is 5.32 Å². The highest BCUT2D eigenvalue weighted by Gasteiger charge is 2.47. The summed E-state index contributed by atoms with van der Waals surface area (Å²) in [6, 6.07) is 0. The van der Waals surface area contributed by atoms with Crippen molar-refractivity contribution >= 4 is 5.91 Å². The van der Waals surface area contributed by atoms with Crippen LogP contribution in [0.2, 0.25) is 0 Å². The summed E-state index contributed by atoms with van der Waals surface area (Å²) in [5.74, 6) is -0.923. The molecule has 70 valence electrons. The number of hydrogen-bond acceptors (Lipinski definition) is 5. The molecule has 2 rings (SSSR count). The molecule has 0 radical (unpaired) electrons. The van der Waals surface area contributed by atoms with Gasteiger partial charge in [-0.2, -0.15) is 0 Å². The molecule has 0 spiro atoms. The topological polar surface area (TPSA) is 93.0 Å². The zero-order chi connectivity index (χ0) is 9.64. The fraction of sp³-hybridized carbons (Fsp3) is 0.167. The lowest BCUT2D eigenvalue weighted by molar-refractivity contribution is -1.03. The average Bonchev–Trinajstić information content (AvgIpc) is 2.22. The second-order valence-corrected chi connectivity index (χ2v) is 2.85. The Bertz CT molecular complexity index is 337.